The molecule has 0 aliphatic rings. The normalized spacial score (nSPS) is 10.1. The van der Waals surface area contributed by atoms with Crippen LogP contribution in [0.3, 0.4) is 0 Å². The van der Waals surface area contributed by atoms with Crippen molar-refractivity contribution < 1.29 is 9.53 Å². The Kier molecular flexibility index (Phi) is 3.96. The van der Waals surface area contributed by atoms with E-state index in [0.717, 1.165) is 11.3 Å². The van der Waals surface area contributed by atoms with E-state index in [1.54, 1.807) is 6.20 Å². The Balaban J connectivity index is 1.89. The summed E-state index contributed by atoms with van der Waals surface area (Å²) in [6.07, 6.45) is 1.77. The minimum absolute atomic E-state index is 0.277. The number of aromatic amines is 1. The van der Waals surface area contributed by atoms with E-state index in [1.165, 1.54) is 6.92 Å². The van der Waals surface area contributed by atoms with Gasteiger partial charge in [0.15, 0.2) is 0 Å². The van der Waals surface area contributed by atoms with Crippen LogP contribution in [0.5, 0.6) is 0 Å². The second kappa shape index (κ2) is 5.86. The van der Waals surface area contributed by atoms with Crippen molar-refractivity contribution in [2.45, 2.75) is 6.92 Å². The van der Waals surface area contributed by atoms with Gasteiger partial charge in [-0.1, -0.05) is 30.3 Å². The minimum atomic E-state index is -0.277. The maximum absolute atomic E-state index is 10.6. The molecule has 1 heterocycles. The summed E-state index contributed by atoms with van der Waals surface area (Å²) in [4.78, 5) is 17.9. The van der Waals surface area contributed by atoms with Crippen molar-refractivity contribution in [2.24, 2.45) is 0 Å². The predicted octanol–water partition coefficient (Wildman–Crippen LogP) is 2.05. The molecule has 1 aromatic heterocycles. The fraction of sp³-hybridized carbons (Fsp3) is 0.231. The van der Waals surface area contributed by atoms with E-state index >= 15 is 0 Å². The number of carbonyl (C=O) groups is 1. The first-order valence-corrected chi connectivity index (χ1v) is 5.73. The molecule has 94 valence electrons. The number of esters is 1. The summed E-state index contributed by atoms with van der Waals surface area (Å²) in [5.74, 6) is 0.391. The molecule has 1 aromatic carbocycles. The van der Waals surface area contributed by atoms with E-state index in [-0.39, 0.29) is 5.97 Å². The molecule has 2 N–H and O–H groups in total. The standard InChI is InChI=1S/C13H15N3O2/c1-10(17)18-8-7-14-13-15-9-12(16-13)11-5-3-2-4-6-11/h2-6,9H,7-8H2,1H3,(H2,14,15,16). The summed E-state index contributed by atoms with van der Waals surface area (Å²) >= 11 is 0. The summed E-state index contributed by atoms with van der Waals surface area (Å²) in [6, 6.07) is 9.94. The number of hydrogen-bond donors (Lipinski definition) is 2. The van der Waals surface area contributed by atoms with Crippen molar-refractivity contribution in [3.05, 3.63) is 36.5 Å². The van der Waals surface area contributed by atoms with E-state index in [0.29, 0.717) is 19.1 Å². The number of rotatable bonds is 5. The highest BCUT2D eigenvalue weighted by atomic mass is 16.5. The van der Waals surface area contributed by atoms with Gasteiger partial charge in [-0.15, -0.1) is 0 Å². The van der Waals surface area contributed by atoms with Crippen molar-refractivity contribution in [1.29, 1.82) is 0 Å². The van der Waals surface area contributed by atoms with Crippen molar-refractivity contribution in [1.82, 2.24) is 9.97 Å². The third kappa shape index (κ3) is 3.35. The van der Waals surface area contributed by atoms with Crippen LogP contribution in [0.4, 0.5) is 5.95 Å². The second-order valence-electron chi connectivity index (χ2n) is 3.78. The number of hydrogen-bond acceptors (Lipinski definition) is 4. The average molecular weight is 245 g/mol. The van der Waals surface area contributed by atoms with Crippen molar-refractivity contribution in [3.63, 3.8) is 0 Å². The van der Waals surface area contributed by atoms with Gasteiger partial charge in [0.2, 0.25) is 5.95 Å². The van der Waals surface area contributed by atoms with E-state index in [2.05, 4.69) is 15.3 Å². The number of benzene rings is 1. The lowest BCUT2D eigenvalue weighted by atomic mass is 10.2. The third-order valence-corrected chi connectivity index (χ3v) is 2.36. The predicted molar refractivity (Wildman–Crippen MR) is 69.1 cm³/mol. The molecule has 5 nitrogen and oxygen atoms in total. The highest BCUT2D eigenvalue weighted by Crippen LogP contribution is 2.17. The summed E-state index contributed by atoms with van der Waals surface area (Å²) in [5, 5.41) is 3.05. The van der Waals surface area contributed by atoms with E-state index in [9.17, 15) is 4.79 Å². The molecule has 0 unspecified atom stereocenters. The fourth-order valence-corrected chi connectivity index (χ4v) is 1.54. The smallest absolute Gasteiger partial charge is 0.302 e. The molecule has 0 fully saturated rings. The second-order valence-corrected chi connectivity index (χ2v) is 3.78. The first-order chi connectivity index (χ1) is 8.75. The number of nitrogens with zero attached hydrogens (tertiary/aromatic N) is 1. The van der Waals surface area contributed by atoms with Gasteiger partial charge in [0.05, 0.1) is 18.4 Å². The lowest BCUT2D eigenvalue weighted by Crippen LogP contribution is -2.12. The van der Waals surface area contributed by atoms with Crippen LogP contribution < -0.4 is 5.32 Å². The van der Waals surface area contributed by atoms with E-state index in [4.69, 9.17) is 4.74 Å². The molecule has 18 heavy (non-hydrogen) atoms. The van der Waals surface area contributed by atoms with Crippen molar-refractivity contribution in [3.8, 4) is 11.3 Å². The maximum atomic E-state index is 10.6. The number of carbonyl (C=O) groups excluding carboxylic acids is 1. The molecular formula is C13H15N3O2. The number of aromatic nitrogens is 2. The number of H-pyrrole nitrogens is 1. The molecule has 2 aromatic rings. The Morgan fingerprint density at radius 1 is 1.39 bits per heavy atom. The van der Waals surface area contributed by atoms with Crippen LogP contribution in [0.2, 0.25) is 0 Å². The van der Waals surface area contributed by atoms with Crippen LogP contribution >= 0.6 is 0 Å². The quantitative estimate of drug-likeness (QED) is 0.625. The monoisotopic (exact) mass is 245 g/mol. The van der Waals surface area contributed by atoms with Crippen molar-refractivity contribution in [2.75, 3.05) is 18.5 Å². The average Bonchev–Trinajstić information content (AvgIpc) is 2.84. The van der Waals surface area contributed by atoms with Crippen LogP contribution in [-0.4, -0.2) is 29.1 Å². The summed E-state index contributed by atoms with van der Waals surface area (Å²) in [7, 11) is 0. The molecule has 0 saturated carbocycles. The Morgan fingerprint density at radius 2 is 2.17 bits per heavy atom. The van der Waals surface area contributed by atoms with Gasteiger partial charge >= 0.3 is 5.97 Å². The maximum Gasteiger partial charge on any atom is 0.302 e. The molecular weight excluding hydrogens is 230 g/mol. The third-order valence-electron chi connectivity index (χ3n) is 2.36. The zero-order valence-corrected chi connectivity index (χ0v) is 10.1. The molecule has 0 radical (unpaired) electrons. The summed E-state index contributed by atoms with van der Waals surface area (Å²) in [5.41, 5.74) is 2.03. The highest BCUT2D eigenvalue weighted by Gasteiger charge is 2.02. The molecule has 0 saturated heterocycles. The van der Waals surface area contributed by atoms with Gasteiger partial charge in [-0.05, 0) is 5.56 Å². The van der Waals surface area contributed by atoms with Gasteiger partial charge in [-0.2, -0.15) is 0 Å². The lowest BCUT2D eigenvalue weighted by Gasteiger charge is -2.03. The zero-order chi connectivity index (χ0) is 12.8. The summed E-state index contributed by atoms with van der Waals surface area (Å²) in [6.45, 7) is 2.25. The number of anilines is 1. The molecule has 0 spiro atoms. The first-order valence-electron chi connectivity index (χ1n) is 5.73. The molecule has 0 aliphatic heterocycles. The molecule has 2 rings (SSSR count). The minimum Gasteiger partial charge on any atom is -0.464 e. The first kappa shape index (κ1) is 12.2. The van der Waals surface area contributed by atoms with Crippen LogP contribution in [0.1, 0.15) is 6.92 Å². The number of imidazole rings is 1. The van der Waals surface area contributed by atoms with Gasteiger partial charge in [-0.25, -0.2) is 4.98 Å². The van der Waals surface area contributed by atoms with Crippen molar-refractivity contribution >= 4 is 11.9 Å². The fourth-order valence-electron chi connectivity index (χ4n) is 1.54. The molecule has 0 bridgehead atoms. The van der Waals surface area contributed by atoms with Crippen LogP contribution in [0.25, 0.3) is 11.3 Å². The van der Waals surface area contributed by atoms with Gasteiger partial charge in [0.1, 0.15) is 6.61 Å². The van der Waals surface area contributed by atoms with Crippen LogP contribution in [0, 0.1) is 0 Å². The zero-order valence-electron chi connectivity index (χ0n) is 10.1. The Labute approximate surface area is 105 Å². The number of nitrogens with one attached hydrogen (secondary N) is 2. The summed E-state index contributed by atoms with van der Waals surface area (Å²) < 4.78 is 4.81. The number of ether oxygens (including phenoxy) is 1. The topological polar surface area (TPSA) is 67.0 Å². The Hall–Kier alpha value is -2.30. The Morgan fingerprint density at radius 3 is 2.89 bits per heavy atom. The molecule has 5 heteroatoms. The molecule has 0 aliphatic carbocycles. The molecule has 0 amide bonds. The lowest BCUT2D eigenvalue weighted by molar-refractivity contribution is -0.140. The van der Waals surface area contributed by atoms with Gasteiger partial charge in [0, 0.05) is 6.92 Å². The van der Waals surface area contributed by atoms with Crippen LogP contribution in [0.15, 0.2) is 36.5 Å². The molecule has 0 atom stereocenters. The van der Waals surface area contributed by atoms with Gasteiger partial charge in [0.25, 0.3) is 0 Å². The van der Waals surface area contributed by atoms with Gasteiger partial charge < -0.3 is 15.0 Å². The SMILES string of the molecule is CC(=O)OCCNc1ncc(-c2ccccc2)[nH]1. The largest absolute Gasteiger partial charge is 0.464 e. The highest BCUT2D eigenvalue weighted by molar-refractivity contribution is 5.65. The van der Waals surface area contributed by atoms with Gasteiger partial charge in [-0.3, -0.25) is 4.79 Å². The van der Waals surface area contributed by atoms with E-state index < -0.39 is 0 Å². The Bertz CT molecular complexity index is 508. The van der Waals surface area contributed by atoms with Crippen LogP contribution in [-0.2, 0) is 9.53 Å². The van der Waals surface area contributed by atoms with E-state index in [1.807, 2.05) is 30.3 Å².